The van der Waals surface area contributed by atoms with Gasteiger partial charge >= 0.3 is 0 Å². The maximum absolute atomic E-state index is 5.95. The number of aromatic nitrogens is 3. The number of piperidine rings is 1. The van der Waals surface area contributed by atoms with E-state index in [1.807, 2.05) is 78.9 Å². The van der Waals surface area contributed by atoms with Crippen molar-refractivity contribution < 1.29 is 9.47 Å². The highest BCUT2D eigenvalue weighted by Crippen LogP contribution is 2.28. The Morgan fingerprint density at radius 1 is 0.842 bits per heavy atom. The first-order valence-corrected chi connectivity index (χ1v) is 12.7. The molecular weight excluding hydrogens is 478 g/mol. The fourth-order valence-electron chi connectivity index (χ4n) is 4.14. The van der Waals surface area contributed by atoms with Crippen molar-refractivity contribution in [3.8, 4) is 11.5 Å². The molecule has 0 aliphatic carbocycles. The maximum Gasteiger partial charge on any atom is 0.250 e. The van der Waals surface area contributed by atoms with Crippen molar-refractivity contribution in [3.05, 3.63) is 90.0 Å². The second kappa shape index (κ2) is 12.5. The number of para-hydroxylation sites is 1. The van der Waals surface area contributed by atoms with Crippen molar-refractivity contribution in [2.45, 2.75) is 25.9 Å². The largest absolute Gasteiger partial charge is 0.493 e. The molecule has 0 radical (unpaired) electrons. The van der Waals surface area contributed by atoms with Crippen LogP contribution in [0.1, 0.15) is 30.4 Å². The van der Waals surface area contributed by atoms with E-state index < -0.39 is 0 Å². The number of methoxy groups -OCH3 is 1. The van der Waals surface area contributed by atoms with Gasteiger partial charge in [0.15, 0.2) is 11.5 Å². The number of hydrogen-bond donors (Lipinski definition) is 2. The number of rotatable bonds is 10. The van der Waals surface area contributed by atoms with Gasteiger partial charge in [0.25, 0.3) is 0 Å². The molecule has 0 bridgehead atoms. The quantitative estimate of drug-likeness (QED) is 0.209. The van der Waals surface area contributed by atoms with Crippen LogP contribution < -0.4 is 25.1 Å². The Morgan fingerprint density at radius 2 is 1.58 bits per heavy atom. The lowest BCUT2D eigenvalue weighted by Gasteiger charge is -2.26. The van der Waals surface area contributed by atoms with Crippen LogP contribution >= 0.6 is 0 Å². The third kappa shape index (κ3) is 6.76. The second-order valence-electron chi connectivity index (χ2n) is 8.88. The van der Waals surface area contributed by atoms with E-state index in [1.54, 1.807) is 13.3 Å². The van der Waals surface area contributed by atoms with Crippen LogP contribution in [0, 0.1) is 0 Å². The molecule has 1 aliphatic heterocycles. The number of hydrogen-bond acceptors (Lipinski definition) is 9. The summed E-state index contributed by atoms with van der Waals surface area (Å²) in [6.07, 6.45) is 5.17. The summed E-state index contributed by atoms with van der Waals surface area (Å²) in [5, 5.41) is 7.64. The Hall–Kier alpha value is -4.66. The molecular formula is C29H31N7O2. The van der Waals surface area contributed by atoms with Crippen molar-refractivity contribution in [3.63, 3.8) is 0 Å². The van der Waals surface area contributed by atoms with Crippen LogP contribution in [0.5, 0.6) is 11.5 Å². The fourth-order valence-corrected chi connectivity index (χ4v) is 4.14. The lowest BCUT2D eigenvalue weighted by molar-refractivity contribution is 0.284. The van der Waals surface area contributed by atoms with Crippen LogP contribution in [0.3, 0.4) is 0 Å². The Kier molecular flexibility index (Phi) is 8.25. The van der Waals surface area contributed by atoms with Crippen molar-refractivity contribution in [2.24, 2.45) is 5.10 Å². The van der Waals surface area contributed by atoms with Crippen LogP contribution in [-0.4, -0.2) is 41.4 Å². The first kappa shape index (κ1) is 25.0. The molecule has 1 fully saturated rings. The topological polar surface area (TPSA) is 96.8 Å². The Labute approximate surface area is 222 Å². The summed E-state index contributed by atoms with van der Waals surface area (Å²) in [6.45, 7) is 2.32. The maximum atomic E-state index is 5.95. The molecule has 38 heavy (non-hydrogen) atoms. The van der Waals surface area contributed by atoms with Gasteiger partial charge in [-0.05, 0) is 60.7 Å². The number of nitrogens with zero attached hydrogens (tertiary/aromatic N) is 5. The molecule has 1 aromatic heterocycles. The molecule has 1 aliphatic rings. The van der Waals surface area contributed by atoms with E-state index >= 15 is 0 Å². The lowest BCUT2D eigenvalue weighted by Crippen LogP contribution is -2.31. The summed E-state index contributed by atoms with van der Waals surface area (Å²) in [5.74, 6) is 2.77. The van der Waals surface area contributed by atoms with Crippen LogP contribution in [0.4, 0.5) is 23.5 Å². The van der Waals surface area contributed by atoms with Crippen LogP contribution in [0.25, 0.3) is 0 Å². The van der Waals surface area contributed by atoms with Gasteiger partial charge in [0.1, 0.15) is 6.61 Å². The first-order chi connectivity index (χ1) is 18.8. The zero-order chi connectivity index (χ0) is 26.0. The molecule has 4 aromatic rings. The van der Waals surface area contributed by atoms with E-state index in [9.17, 15) is 0 Å². The van der Waals surface area contributed by atoms with Gasteiger partial charge in [-0.1, -0.05) is 48.5 Å². The summed E-state index contributed by atoms with van der Waals surface area (Å²) < 4.78 is 11.5. The Balaban J connectivity index is 1.29. The third-order valence-corrected chi connectivity index (χ3v) is 6.10. The highest BCUT2D eigenvalue weighted by molar-refractivity contribution is 5.81. The second-order valence-corrected chi connectivity index (χ2v) is 8.88. The van der Waals surface area contributed by atoms with E-state index in [2.05, 4.69) is 35.7 Å². The Morgan fingerprint density at radius 3 is 2.34 bits per heavy atom. The molecule has 194 valence electrons. The minimum Gasteiger partial charge on any atom is -0.493 e. The average molecular weight is 510 g/mol. The van der Waals surface area contributed by atoms with Crippen molar-refractivity contribution in [1.82, 2.24) is 15.0 Å². The van der Waals surface area contributed by atoms with E-state index in [-0.39, 0.29) is 0 Å². The molecule has 9 nitrogen and oxygen atoms in total. The molecule has 0 atom stereocenters. The van der Waals surface area contributed by atoms with Crippen molar-refractivity contribution >= 4 is 29.7 Å². The van der Waals surface area contributed by atoms with E-state index in [1.165, 1.54) is 6.42 Å². The van der Waals surface area contributed by atoms with Gasteiger partial charge in [-0.25, -0.2) is 5.43 Å². The number of anilines is 4. The summed E-state index contributed by atoms with van der Waals surface area (Å²) >= 11 is 0. The van der Waals surface area contributed by atoms with Crippen LogP contribution in [0.15, 0.2) is 84.0 Å². The average Bonchev–Trinajstić information content (AvgIpc) is 2.98. The molecule has 3 aromatic carbocycles. The molecule has 2 heterocycles. The van der Waals surface area contributed by atoms with E-state index in [0.717, 1.165) is 42.7 Å². The Bertz CT molecular complexity index is 1340. The normalized spacial score (nSPS) is 13.3. The monoisotopic (exact) mass is 509 g/mol. The van der Waals surface area contributed by atoms with Crippen molar-refractivity contribution in [2.75, 3.05) is 35.8 Å². The fraction of sp³-hybridized carbons (Fsp3) is 0.241. The van der Waals surface area contributed by atoms with E-state index in [4.69, 9.17) is 9.47 Å². The van der Waals surface area contributed by atoms with E-state index in [0.29, 0.717) is 36.0 Å². The molecule has 0 amide bonds. The third-order valence-electron chi connectivity index (χ3n) is 6.10. The summed E-state index contributed by atoms with van der Waals surface area (Å²) in [5.41, 5.74) is 5.80. The van der Waals surface area contributed by atoms with Gasteiger partial charge in [0.2, 0.25) is 17.8 Å². The zero-order valence-electron chi connectivity index (χ0n) is 21.4. The number of ether oxygens (including phenoxy) is 2. The number of hydrazone groups is 1. The smallest absolute Gasteiger partial charge is 0.250 e. The van der Waals surface area contributed by atoms with Crippen molar-refractivity contribution in [1.29, 1.82) is 0 Å². The lowest BCUT2D eigenvalue weighted by atomic mass is 10.1. The molecule has 2 N–H and O–H groups in total. The van der Waals surface area contributed by atoms with Gasteiger partial charge in [-0.2, -0.15) is 20.1 Å². The van der Waals surface area contributed by atoms with Crippen LogP contribution in [-0.2, 0) is 6.61 Å². The van der Waals surface area contributed by atoms with Gasteiger partial charge in [0, 0.05) is 18.8 Å². The molecule has 5 rings (SSSR count). The number of benzene rings is 3. The van der Waals surface area contributed by atoms with Crippen LogP contribution in [0.2, 0.25) is 0 Å². The van der Waals surface area contributed by atoms with Gasteiger partial charge < -0.3 is 19.7 Å². The summed E-state index contributed by atoms with van der Waals surface area (Å²) in [7, 11) is 1.62. The molecule has 0 spiro atoms. The molecule has 1 saturated heterocycles. The summed E-state index contributed by atoms with van der Waals surface area (Å²) in [4.78, 5) is 16.0. The SMILES string of the molecule is COc1cc(C=NNc2nc(Nc3ccccc3)nc(N3CCCCC3)n2)ccc1OCc1ccccc1. The van der Waals surface area contributed by atoms with Gasteiger partial charge in [0.05, 0.1) is 13.3 Å². The predicted octanol–water partition coefficient (Wildman–Crippen LogP) is 5.64. The molecule has 0 saturated carbocycles. The number of nitrogens with one attached hydrogen (secondary N) is 2. The van der Waals surface area contributed by atoms with Gasteiger partial charge in [-0.3, -0.25) is 0 Å². The molecule has 9 heteroatoms. The highest BCUT2D eigenvalue weighted by Gasteiger charge is 2.16. The highest BCUT2D eigenvalue weighted by atomic mass is 16.5. The first-order valence-electron chi connectivity index (χ1n) is 12.7. The molecule has 0 unspecified atom stereocenters. The van der Waals surface area contributed by atoms with Gasteiger partial charge in [-0.15, -0.1) is 0 Å². The minimum atomic E-state index is 0.366. The summed E-state index contributed by atoms with van der Waals surface area (Å²) in [6, 6.07) is 25.5. The minimum absolute atomic E-state index is 0.366. The standard InChI is InChI=1S/C29H31N7O2/c1-37-26-19-23(15-16-25(26)38-21-22-11-5-2-6-12-22)20-30-35-28-32-27(31-24-13-7-3-8-14-24)33-29(34-28)36-17-9-4-10-18-36/h2-3,5-8,11-16,19-20H,4,9-10,17-18,21H2,1H3,(H2,31,32,33,34,35). The predicted molar refractivity (Wildman–Crippen MR) is 151 cm³/mol. The zero-order valence-corrected chi connectivity index (χ0v) is 21.4.